The smallest absolute Gasteiger partial charge is 0.275 e. The Morgan fingerprint density at radius 1 is 1.09 bits per heavy atom. The normalized spacial score (nSPS) is 20.7. The standard InChI is InChI=1S/C33H43Cl2N5O2.C2H6/c1-20(2)21-10-14-33(15-11-21)39-29(24-16-25(34)18-26(35)17-24)31(42)40(33)27(12-13-32(3,4)5)22-6-8-23(9-7-22)30(41)38-19-28(36)37;1-2/h6-9,16-18,20-21,27H,10-15,19H2,1-5H3,(H3,36,37)(H,38,41);1-2H3. The summed E-state index contributed by atoms with van der Waals surface area (Å²) in [5, 5.41) is 11.0. The van der Waals surface area contributed by atoms with E-state index >= 15 is 0 Å². The molecule has 1 unspecified atom stereocenters. The minimum atomic E-state index is -0.660. The van der Waals surface area contributed by atoms with Gasteiger partial charge in [-0.05, 0) is 91.7 Å². The fourth-order valence-corrected chi connectivity index (χ4v) is 6.72. The van der Waals surface area contributed by atoms with Gasteiger partial charge in [-0.15, -0.1) is 0 Å². The Hall–Kier alpha value is -2.90. The summed E-state index contributed by atoms with van der Waals surface area (Å²) in [4.78, 5) is 34.4. The van der Waals surface area contributed by atoms with E-state index < -0.39 is 5.66 Å². The molecule has 1 heterocycles. The molecular formula is C35H49Cl2N5O2. The van der Waals surface area contributed by atoms with Crippen molar-refractivity contribution in [3.05, 3.63) is 69.2 Å². The number of halogens is 2. The monoisotopic (exact) mass is 641 g/mol. The van der Waals surface area contributed by atoms with Crippen LogP contribution in [-0.2, 0) is 4.79 Å². The third-order valence-corrected chi connectivity index (χ3v) is 9.01. The van der Waals surface area contributed by atoms with E-state index in [0.29, 0.717) is 38.7 Å². The molecule has 1 fully saturated rings. The predicted octanol–water partition coefficient (Wildman–Crippen LogP) is 8.43. The number of aliphatic imine (C=N–C) groups is 1. The first-order chi connectivity index (χ1) is 20.7. The zero-order chi connectivity index (χ0) is 32.8. The second kappa shape index (κ2) is 14.9. The van der Waals surface area contributed by atoms with Crippen molar-refractivity contribution >= 4 is 46.6 Å². The maximum absolute atomic E-state index is 14.5. The zero-order valence-corrected chi connectivity index (χ0v) is 28.8. The van der Waals surface area contributed by atoms with Crippen LogP contribution < -0.4 is 11.1 Å². The SMILES string of the molecule is CC.CC(C)C1CCC2(CC1)N=C(c1cc(Cl)cc(Cl)c1)C(=O)N2C(CCC(C)(C)C)c1ccc(C(=O)NCC(=N)N)cc1. The minimum absolute atomic E-state index is 0.00933. The van der Waals surface area contributed by atoms with Crippen LogP contribution in [0.25, 0.3) is 0 Å². The van der Waals surface area contributed by atoms with Crippen molar-refractivity contribution in [2.45, 2.75) is 98.7 Å². The number of nitrogens with two attached hydrogens (primary N) is 1. The summed E-state index contributed by atoms with van der Waals surface area (Å²) in [6.07, 6.45) is 5.21. The van der Waals surface area contributed by atoms with E-state index in [1.807, 2.05) is 30.9 Å². The third-order valence-electron chi connectivity index (χ3n) is 8.58. The highest BCUT2D eigenvalue weighted by Crippen LogP contribution is 2.48. The summed E-state index contributed by atoms with van der Waals surface area (Å²) in [6, 6.07) is 12.4. The molecule has 2 aromatic rings. The van der Waals surface area contributed by atoms with Crippen LogP contribution in [0.2, 0.25) is 10.0 Å². The summed E-state index contributed by atoms with van der Waals surface area (Å²) in [7, 11) is 0. The molecule has 1 spiro atoms. The number of nitrogens with one attached hydrogen (secondary N) is 2. The van der Waals surface area contributed by atoms with Gasteiger partial charge in [0.1, 0.15) is 17.2 Å². The summed E-state index contributed by atoms with van der Waals surface area (Å²) < 4.78 is 0. The Balaban J connectivity index is 0.00000259. The molecule has 0 radical (unpaired) electrons. The number of carbonyl (C=O) groups excluding carboxylic acids is 2. The first-order valence-corrected chi connectivity index (χ1v) is 16.6. The Morgan fingerprint density at radius 3 is 2.16 bits per heavy atom. The highest BCUT2D eigenvalue weighted by Gasteiger charge is 2.52. The molecule has 1 aliphatic carbocycles. The Labute approximate surface area is 273 Å². The van der Waals surface area contributed by atoms with Crippen molar-refractivity contribution in [3.8, 4) is 0 Å². The van der Waals surface area contributed by atoms with Gasteiger partial charge in [-0.1, -0.05) is 83.8 Å². The average Bonchev–Trinajstić information content (AvgIpc) is 3.23. The van der Waals surface area contributed by atoms with Gasteiger partial charge in [-0.3, -0.25) is 20.0 Å². The Bertz CT molecular complexity index is 1340. The summed E-state index contributed by atoms with van der Waals surface area (Å²) in [5.74, 6) is 0.643. The summed E-state index contributed by atoms with van der Waals surface area (Å²) in [6.45, 7) is 15.1. The zero-order valence-electron chi connectivity index (χ0n) is 27.3. The number of amidine groups is 1. The van der Waals surface area contributed by atoms with Crippen LogP contribution in [0.5, 0.6) is 0 Å². The predicted molar refractivity (Wildman–Crippen MR) is 183 cm³/mol. The first kappa shape index (κ1) is 35.6. The first-order valence-electron chi connectivity index (χ1n) is 15.8. The quantitative estimate of drug-likeness (QED) is 0.189. The highest BCUT2D eigenvalue weighted by atomic mass is 35.5. The van der Waals surface area contributed by atoms with E-state index in [2.05, 4.69) is 39.9 Å². The number of hydrogen-bond acceptors (Lipinski definition) is 4. The van der Waals surface area contributed by atoms with Gasteiger partial charge in [0.25, 0.3) is 11.8 Å². The van der Waals surface area contributed by atoms with Gasteiger partial charge >= 0.3 is 0 Å². The maximum atomic E-state index is 14.5. The van der Waals surface area contributed by atoms with Gasteiger partial charge in [-0.2, -0.15) is 0 Å². The van der Waals surface area contributed by atoms with Crippen molar-refractivity contribution in [3.63, 3.8) is 0 Å². The molecule has 9 heteroatoms. The van der Waals surface area contributed by atoms with E-state index in [4.69, 9.17) is 39.3 Å². The van der Waals surface area contributed by atoms with Gasteiger partial charge in [0.2, 0.25) is 0 Å². The van der Waals surface area contributed by atoms with Crippen molar-refractivity contribution in [2.75, 3.05) is 6.54 Å². The van der Waals surface area contributed by atoms with Crippen molar-refractivity contribution in [2.24, 2.45) is 28.0 Å². The lowest BCUT2D eigenvalue weighted by Gasteiger charge is -2.46. The molecule has 1 atom stereocenters. The van der Waals surface area contributed by atoms with Gasteiger partial charge in [0.15, 0.2) is 0 Å². The molecule has 2 amide bonds. The van der Waals surface area contributed by atoms with Gasteiger partial charge in [0.05, 0.1) is 12.6 Å². The molecule has 1 aliphatic heterocycles. The molecule has 2 aromatic carbocycles. The molecule has 0 aromatic heterocycles. The lowest BCUT2D eigenvalue weighted by molar-refractivity contribution is -0.133. The number of hydrogen-bond donors (Lipinski definition) is 3. The fraction of sp³-hybridized carbons (Fsp3) is 0.543. The van der Waals surface area contributed by atoms with Crippen molar-refractivity contribution in [1.82, 2.24) is 10.2 Å². The highest BCUT2D eigenvalue weighted by molar-refractivity contribution is 6.47. The molecule has 7 nitrogen and oxygen atoms in total. The molecule has 1 saturated carbocycles. The number of rotatable bonds is 9. The van der Waals surface area contributed by atoms with E-state index in [1.54, 1.807) is 30.3 Å². The van der Waals surface area contributed by atoms with Crippen LogP contribution in [0.3, 0.4) is 0 Å². The van der Waals surface area contributed by atoms with Crippen LogP contribution in [0, 0.1) is 22.7 Å². The maximum Gasteiger partial charge on any atom is 0.275 e. The van der Waals surface area contributed by atoms with Gasteiger partial charge in [-0.25, -0.2) is 0 Å². The van der Waals surface area contributed by atoms with Gasteiger partial charge in [0, 0.05) is 21.2 Å². The Kier molecular flexibility index (Phi) is 12.1. The molecule has 4 N–H and O–H groups in total. The average molecular weight is 643 g/mol. The lowest BCUT2D eigenvalue weighted by Crippen LogP contribution is -2.51. The van der Waals surface area contributed by atoms with Crippen LogP contribution in [0.4, 0.5) is 0 Å². The molecule has 2 aliphatic rings. The largest absolute Gasteiger partial charge is 0.386 e. The Morgan fingerprint density at radius 2 is 1.66 bits per heavy atom. The lowest BCUT2D eigenvalue weighted by atomic mass is 9.75. The van der Waals surface area contributed by atoms with Crippen LogP contribution in [0.15, 0.2) is 47.5 Å². The number of benzene rings is 2. The third kappa shape index (κ3) is 8.63. The molecule has 4 rings (SSSR count). The topological polar surface area (TPSA) is 112 Å². The van der Waals surface area contributed by atoms with E-state index in [0.717, 1.165) is 44.1 Å². The van der Waals surface area contributed by atoms with E-state index in [9.17, 15) is 9.59 Å². The number of nitrogens with zero attached hydrogens (tertiary/aromatic N) is 2. The molecule has 240 valence electrons. The molecule has 44 heavy (non-hydrogen) atoms. The fourth-order valence-electron chi connectivity index (χ4n) is 6.19. The van der Waals surface area contributed by atoms with Crippen molar-refractivity contribution < 1.29 is 9.59 Å². The molecule has 0 saturated heterocycles. The van der Waals surface area contributed by atoms with Crippen LogP contribution in [0.1, 0.15) is 115 Å². The summed E-state index contributed by atoms with van der Waals surface area (Å²) >= 11 is 12.7. The van der Waals surface area contributed by atoms with Gasteiger partial charge < -0.3 is 16.0 Å². The molecular weight excluding hydrogens is 593 g/mol. The minimum Gasteiger partial charge on any atom is -0.386 e. The second-order valence-electron chi connectivity index (χ2n) is 13.3. The second-order valence-corrected chi connectivity index (χ2v) is 14.2. The van der Waals surface area contributed by atoms with E-state index in [-0.39, 0.29) is 35.7 Å². The van der Waals surface area contributed by atoms with Crippen LogP contribution in [-0.4, -0.2) is 40.5 Å². The van der Waals surface area contributed by atoms with Crippen LogP contribution >= 0.6 is 23.2 Å². The summed E-state index contributed by atoms with van der Waals surface area (Å²) in [5.41, 5.74) is 7.27. The number of carbonyl (C=O) groups is 2. The molecule has 0 bridgehead atoms. The van der Waals surface area contributed by atoms with Crippen molar-refractivity contribution in [1.29, 1.82) is 5.41 Å². The number of amides is 2. The van der Waals surface area contributed by atoms with E-state index in [1.165, 1.54) is 0 Å².